The summed E-state index contributed by atoms with van der Waals surface area (Å²) in [6, 6.07) is 12.8. The largest absolute Gasteiger partial charge is 0.0876 e. The second-order valence-corrected chi connectivity index (χ2v) is 4.60. The number of benzene rings is 2. The van der Waals surface area contributed by atoms with Crippen molar-refractivity contribution in [1.82, 2.24) is 0 Å². The lowest BCUT2D eigenvalue weighted by molar-refractivity contribution is 1.45. The Morgan fingerprint density at radius 2 is 1.85 bits per heavy atom. The average molecular weight is 347 g/mol. The maximum absolute atomic E-state index is 3.52. The molecule has 0 aromatic heterocycles. The van der Waals surface area contributed by atoms with Gasteiger partial charge in [-0.1, -0.05) is 46.3 Å². The number of alkyl halides is 1. The van der Waals surface area contributed by atoms with Crippen LogP contribution in [0.4, 0.5) is 0 Å². The molecule has 66 valence electrons. The van der Waals surface area contributed by atoms with Gasteiger partial charge in [0.05, 0.1) is 0 Å². The minimum absolute atomic E-state index is 0.923. The molecular formula is C11H8BrI. The van der Waals surface area contributed by atoms with E-state index in [9.17, 15) is 0 Å². The van der Waals surface area contributed by atoms with Gasteiger partial charge in [-0.25, -0.2) is 0 Å². The zero-order chi connectivity index (χ0) is 9.26. The molecule has 13 heavy (non-hydrogen) atoms. The van der Waals surface area contributed by atoms with E-state index in [1.807, 2.05) is 0 Å². The Morgan fingerprint density at radius 3 is 2.62 bits per heavy atom. The van der Waals surface area contributed by atoms with Gasteiger partial charge in [0.2, 0.25) is 0 Å². The van der Waals surface area contributed by atoms with Crippen LogP contribution in [0.15, 0.2) is 36.4 Å². The van der Waals surface area contributed by atoms with Gasteiger partial charge in [-0.3, -0.25) is 0 Å². The molecule has 0 bridgehead atoms. The molecule has 0 aliphatic carbocycles. The predicted molar refractivity (Wildman–Crippen MR) is 69.3 cm³/mol. The molecule has 2 aromatic carbocycles. The second-order valence-electron chi connectivity index (χ2n) is 2.88. The Morgan fingerprint density at radius 1 is 1.08 bits per heavy atom. The van der Waals surface area contributed by atoms with Gasteiger partial charge in [0, 0.05) is 8.90 Å². The molecule has 2 rings (SSSR count). The van der Waals surface area contributed by atoms with Crippen molar-refractivity contribution in [2.45, 2.75) is 5.33 Å². The first kappa shape index (κ1) is 9.46. The Kier molecular flexibility index (Phi) is 2.89. The highest BCUT2D eigenvalue weighted by Crippen LogP contribution is 2.25. The Labute approximate surface area is 99.6 Å². The topological polar surface area (TPSA) is 0 Å². The fourth-order valence-corrected chi connectivity index (χ4v) is 3.23. The lowest BCUT2D eigenvalue weighted by Crippen LogP contribution is -1.86. The quantitative estimate of drug-likeness (QED) is 0.532. The standard InChI is InChI=1S/C11H8BrI/c12-7-10-9-4-2-1-3-8(9)5-6-11(10)13/h1-6H,7H2. The van der Waals surface area contributed by atoms with Crippen LogP contribution in [0.2, 0.25) is 0 Å². The van der Waals surface area contributed by atoms with E-state index in [0.717, 1.165) is 5.33 Å². The minimum Gasteiger partial charge on any atom is -0.0876 e. The molecule has 0 saturated carbocycles. The monoisotopic (exact) mass is 346 g/mol. The molecule has 0 fully saturated rings. The van der Waals surface area contributed by atoms with Crippen LogP contribution >= 0.6 is 38.5 Å². The fraction of sp³-hybridized carbons (Fsp3) is 0.0909. The maximum Gasteiger partial charge on any atom is 0.0299 e. The van der Waals surface area contributed by atoms with E-state index in [1.54, 1.807) is 0 Å². The lowest BCUT2D eigenvalue weighted by atomic mass is 10.1. The van der Waals surface area contributed by atoms with Crippen molar-refractivity contribution in [3.8, 4) is 0 Å². The number of halogens is 2. The van der Waals surface area contributed by atoms with Crippen molar-refractivity contribution in [2.75, 3.05) is 0 Å². The zero-order valence-corrected chi connectivity index (χ0v) is 10.7. The maximum atomic E-state index is 3.52. The van der Waals surface area contributed by atoms with Crippen molar-refractivity contribution < 1.29 is 0 Å². The fourth-order valence-electron chi connectivity index (χ4n) is 1.45. The van der Waals surface area contributed by atoms with Gasteiger partial charge in [-0.05, 0) is 45.0 Å². The summed E-state index contributed by atoms with van der Waals surface area (Å²) in [4.78, 5) is 0. The first-order chi connectivity index (χ1) is 6.33. The van der Waals surface area contributed by atoms with Crippen LogP contribution in [-0.4, -0.2) is 0 Å². The van der Waals surface area contributed by atoms with Crippen molar-refractivity contribution in [1.29, 1.82) is 0 Å². The minimum atomic E-state index is 0.923. The summed E-state index contributed by atoms with van der Waals surface area (Å²) >= 11 is 5.90. The van der Waals surface area contributed by atoms with E-state index < -0.39 is 0 Å². The number of rotatable bonds is 1. The van der Waals surface area contributed by atoms with E-state index in [2.05, 4.69) is 74.9 Å². The molecule has 0 spiro atoms. The highest BCUT2D eigenvalue weighted by atomic mass is 127. The van der Waals surface area contributed by atoms with Gasteiger partial charge in [-0.2, -0.15) is 0 Å². The van der Waals surface area contributed by atoms with Crippen LogP contribution in [-0.2, 0) is 5.33 Å². The second kappa shape index (κ2) is 3.96. The highest BCUT2D eigenvalue weighted by Gasteiger charge is 2.02. The molecule has 0 radical (unpaired) electrons. The van der Waals surface area contributed by atoms with Crippen molar-refractivity contribution >= 4 is 49.3 Å². The third kappa shape index (κ3) is 1.74. The summed E-state index contributed by atoms with van der Waals surface area (Å²) in [5, 5.41) is 3.59. The van der Waals surface area contributed by atoms with E-state index >= 15 is 0 Å². The molecule has 0 N–H and O–H groups in total. The predicted octanol–water partition coefficient (Wildman–Crippen LogP) is 4.34. The van der Waals surface area contributed by atoms with Crippen LogP contribution in [0.25, 0.3) is 10.8 Å². The van der Waals surface area contributed by atoms with Crippen LogP contribution in [0.3, 0.4) is 0 Å². The number of fused-ring (bicyclic) bond motifs is 1. The third-order valence-electron chi connectivity index (χ3n) is 2.12. The summed E-state index contributed by atoms with van der Waals surface area (Å²) in [6.07, 6.45) is 0. The van der Waals surface area contributed by atoms with Crippen LogP contribution in [0.5, 0.6) is 0 Å². The molecular weight excluding hydrogens is 339 g/mol. The lowest BCUT2D eigenvalue weighted by Gasteiger charge is -2.05. The Hall–Kier alpha value is -0.0900. The van der Waals surface area contributed by atoms with Gasteiger partial charge in [-0.15, -0.1) is 0 Å². The molecule has 0 nitrogen and oxygen atoms in total. The van der Waals surface area contributed by atoms with Crippen molar-refractivity contribution in [3.05, 3.63) is 45.5 Å². The molecule has 0 aliphatic rings. The molecule has 0 unspecified atom stereocenters. The van der Waals surface area contributed by atoms with Crippen LogP contribution < -0.4 is 0 Å². The van der Waals surface area contributed by atoms with Gasteiger partial charge >= 0.3 is 0 Å². The number of hydrogen-bond donors (Lipinski definition) is 0. The SMILES string of the molecule is BrCc1c(I)ccc2ccccc12. The van der Waals surface area contributed by atoms with Gasteiger partial charge in [0.15, 0.2) is 0 Å². The van der Waals surface area contributed by atoms with Crippen molar-refractivity contribution in [3.63, 3.8) is 0 Å². The Bertz CT molecular complexity index is 437. The highest BCUT2D eigenvalue weighted by molar-refractivity contribution is 14.1. The van der Waals surface area contributed by atoms with Gasteiger partial charge in [0.1, 0.15) is 0 Å². The summed E-state index contributed by atoms with van der Waals surface area (Å²) in [7, 11) is 0. The van der Waals surface area contributed by atoms with E-state index in [-0.39, 0.29) is 0 Å². The molecule has 0 saturated heterocycles. The zero-order valence-electron chi connectivity index (χ0n) is 6.93. The van der Waals surface area contributed by atoms with Crippen LogP contribution in [0.1, 0.15) is 5.56 Å². The normalized spacial score (nSPS) is 10.6. The summed E-state index contributed by atoms with van der Waals surface area (Å²) in [5.41, 5.74) is 1.39. The molecule has 0 aliphatic heterocycles. The third-order valence-corrected chi connectivity index (χ3v) is 3.69. The average Bonchev–Trinajstić information content (AvgIpc) is 2.18. The van der Waals surface area contributed by atoms with E-state index in [1.165, 1.54) is 19.9 Å². The van der Waals surface area contributed by atoms with Gasteiger partial charge < -0.3 is 0 Å². The summed E-state index contributed by atoms with van der Waals surface area (Å²) in [6.45, 7) is 0. The molecule has 0 atom stereocenters. The van der Waals surface area contributed by atoms with Gasteiger partial charge in [0.25, 0.3) is 0 Å². The number of hydrogen-bond acceptors (Lipinski definition) is 0. The van der Waals surface area contributed by atoms with Crippen LogP contribution in [0, 0.1) is 3.57 Å². The molecule has 0 heterocycles. The molecule has 2 heteroatoms. The van der Waals surface area contributed by atoms with Crippen molar-refractivity contribution in [2.24, 2.45) is 0 Å². The Balaban J connectivity index is 2.84. The summed E-state index contributed by atoms with van der Waals surface area (Å²) < 4.78 is 1.33. The van der Waals surface area contributed by atoms with E-state index in [0.29, 0.717) is 0 Å². The van der Waals surface area contributed by atoms with E-state index in [4.69, 9.17) is 0 Å². The summed E-state index contributed by atoms with van der Waals surface area (Å²) in [5.74, 6) is 0. The smallest absolute Gasteiger partial charge is 0.0299 e. The first-order valence-electron chi connectivity index (χ1n) is 4.05. The first-order valence-corrected chi connectivity index (χ1v) is 6.25. The molecule has 2 aromatic rings. The molecule has 0 amide bonds.